The molecule has 0 aliphatic heterocycles. The average molecular weight is 372 g/mol. The topological polar surface area (TPSA) is 38.0 Å². The quantitative estimate of drug-likeness (QED) is 0.805. The van der Waals surface area contributed by atoms with Crippen LogP contribution in [-0.4, -0.2) is 12.1 Å². The van der Waals surface area contributed by atoms with Crippen molar-refractivity contribution < 1.29 is 4.39 Å². The second kappa shape index (κ2) is 6.77. The zero-order valence-electron chi connectivity index (χ0n) is 11.7. The van der Waals surface area contributed by atoms with Gasteiger partial charge in [-0.2, -0.15) is 0 Å². The molecule has 2 aromatic carbocycles. The molecule has 2 nitrogen and oxygen atoms in total. The lowest BCUT2D eigenvalue weighted by Crippen LogP contribution is -2.44. The van der Waals surface area contributed by atoms with E-state index in [0.29, 0.717) is 18.0 Å². The van der Waals surface area contributed by atoms with E-state index >= 15 is 0 Å². The predicted octanol–water partition coefficient (Wildman–Crippen LogP) is 4.61. The third-order valence-corrected chi connectivity index (χ3v) is 4.54. The lowest BCUT2D eigenvalue weighted by molar-refractivity contribution is 0.520. The maximum Gasteiger partial charge on any atom is 0.123 e. The van der Waals surface area contributed by atoms with E-state index in [2.05, 4.69) is 21.2 Å². The number of halogens is 3. The standard InChI is InChI=1S/C16H17BrClFN2/c1-16(10-20,9-11-2-4-12(19)5-3-11)21-13-6-7-15(18)14(17)8-13/h2-8,21H,9-10,20H2,1H3. The molecule has 0 fully saturated rings. The summed E-state index contributed by atoms with van der Waals surface area (Å²) in [7, 11) is 0. The van der Waals surface area contributed by atoms with Gasteiger partial charge in [-0.05, 0) is 65.2 Å². The second-order valence-corrected chi connectivity index (χ2v) is 6.58. The van der Waals surface area contributed by atoms with Crippen molar-refractivity contribution in [2.24, 2.45) is 5.73 Å². The number of nitrogens with two attached hydrogens (primary N) is 1. The van der Waals surface area contributed by atoms with Gasteiger partial charge in [0.05, 0.1) is 10.6 Å². The molecule has 0 bridgehead atoms. The van der Waals surface area contributed by atoms with Crippen LogP contribution in [0.1, 0.15) is 12.5 Å². The highest BCUT2D eigenvalue weighted by atomic mass is 79.9. The smallest absolute Gasteiger partial charge is 0.123 e. The van der Waals surface area contributed by atoms with Crippen LogP contribution in [0, 0.1) is 5.82 Å². The lowest BCUT2D eigenvalue weighted by atomic mass is 9.92. The number of benzene rings is 2. The third-order valence-electron chi connectivity index (χ3n) is 3.32. The van der Waals surface area contributed by atoms with E-state index in [0.717, 1.165) is 15.7 Å². The van der Waals surface area contributed by atoms with Gasteiger partial charge in [-0.25, -0.2) is 4.39 Å². The molecule has 21 heavy (non-hydrogen) atoms. The Kier molecular flexibility index (Phi) is 5.25. The van der Waals surface area contributed by atoms with E-state index in [1.165, 1.54) is 12.1 Å². The van der Waals surface area contributed by atoms with Gasteiger partial charge >= 0.3 is 0 Å². The largest absolute Gasteiger partial charge is 0.378 e. The van der Waals surface area contributed by atoms with Gasteiger partial charge in [-0.15, -0.1) is 0 Å². The van der Waals surface area contributed by atoms with Crippen LogP contribution in [0.5, 0.6) is 0 Å². The van der Waals surface area contributed by atoms with Gasteiger partial charge in [0.2, 0.25) is 0 Å². The monoisotopic (exact) mass is 370 g/mol. The fourth-order valence-electron chi connectivity index (χ4n) is 2.14. The van der Waals surface area contributed by atoms with Crippen LogP contribution < -0.4 is 11.1 Å². The number of hydrogen-bond acceptors (Lipinski definition) is 2. The molecule has 1 atom stereocenters. The molecule has 0 aliphatic rings. The van der Waals surface area contributed by atoms with E-state index in [9.17, 15) is 4.39 Å². The van der Waals surface area contributed by atoms with E-state index in [-0.39, 0.29) is 11.4 Å². The Morgan fingerprint density at radius 2 is 1.90 bits per heavy atom. The minimum absolute atomic E-state index is 0.234. The Bertz CT molecular complexity index is 618. The molecular formula is C16H17BrClFN2. The van der Waals surface area contributed by atoms with Crippen molar-refractivity contribution in [3.05, 3.63) is 63.3 Å². The normalized spacial score (nSPS) is 13.8. The number of rotatable bonds is 5. The molecule has 112 valence electrons. The molecular weight excluding hydrogens is 355 g/mol. The molecule has 0 heterocycles. The molecule has 3 N–H and O–H groups in total. The molecule has 0 spiro atoms. The van der Waals surface area contributed by atoms with Crippen molar-refractivity contribution in [1.82, 2.24) is 0 Å². The molecule has 0 saturated heterocycles. The highest BCUT2D eigenvalue weighted by Gasteiger charge is 2.23. The second-order valence-electron chi connectivity index (χ2n) is 5.32. The molecule has 2 aromatic rings. The molecule has 0 aromatic heterocycles. The number of anilines is 1. The summed E-state index contributed by atoms with van der Waals surface area (Å²) in [6.07, 6.45) is 0.698. The highest BCUT2D eigenvalue weighted by molar-refractivity contribution is 9.10. The van der Waals surface area contributed by atoms with E-state index in [1.54, 1.807) is 12.1 Å². The van der Waals surface area contributed by atoms with Crippen LogP contribution >= 0.6 is 27.5 Å². The van der Waals surface area contributed by atoms with Crippen LogP contribution in [0.3, 0.4) is 0 Å². The first kappa shape index (κ1) is 16.3. The summed E-state index contributed by atoms with van der Waals surface area (Å²) in [5.41, 5.74) is 7.56. The third kappa shape index (κ3) is 4.43. The Morgan fingerprint density at radius 1 is 1.24 bits per heavy atom. The van der Waals surface area contributed by atoms with Crippen molar-refractivity contribution >= 4 is 33.2 Å². The van der Waals surface area contributed by atoms with E-state index < -0.39 is 0 Å². The molecule has 0 aliphatic carbocycles. The first-order chi connectivity index (χ1) is 9.92. The van der Waals surface area contributed by atoms with Crippen LogP contribution in [0.25, 0.3) is 0 Å². The highest BCUT2D eigenvalue weighted by Crippen LogP contribution is 2.28. The number of hydrogen-bond donors (Lipinski definition) is 2. The van der Waals surface area contributed by atoms with Gasteiger partial charge < -0.3 is 11.1 Å². The molecule has 0 saturated carbocycles. The minimum Gasteiger partial charge on any atom is -0.378 e. The van der Waals surface area contributed by atoms with Gasteiger partial charge in [0.1, 0.15) is 5.82 Å². The number of nitrogens with one attached hydrogen (secondary N) is 1. The summed E-state index contributed by atoms with van der Waals surface area (Å²) in [6, 6.07) is 12.1. The maximum absolute atomic E-state index is 13.0. The van der Waals surface area contributed by atoms with Crippen LogP contribution in [0.4, 0.5) is 10.1 Å². The first-order valence-corrected chi connectivity index (χ1v) is 7.77. The Labute approximate surface area is 137 Å². The van der Waals surface area contributed by atoms with Crippen LogP contribution in [0.2, 0.25) is 5.02 Å². The van der Waals surface area contributed by atoms with E-state index in [1.807, 2.05) is 25.1 Å². The van der Waals surface area contributed by atoms with Gasteiger partial charge in [0.25, 0.3) is 0 Å². The summed E-state index contributed by atoms with van der Waals surface area (Å²) in [5.74, 6) is -0.234. The fourth-order valence-corrected chi connectivity index (χ4v) is 2.64. The van der Waals surface area contributed by atoms with Crippen LogP contribution in [0.15, 0.2) is 46.9 Å². The first-order valence-electron chi connectivity index (χ1n) is 6.60. The summed E-state index contributed by atoms with van der Waals surface area (Å²) < 4.78 is 13.8. The van der Waals surface area contributed by atoms with Crippen molar-refractivity contribution in [3.63, 3.8) is 0 Å². The summed E-state index contributed by atoms with van der Waals surface area (Å²) in [5, 5.41) is 4.09. The van der Waals surface area contributed by atoms with Gasteiger partial charge in [-0.3, -0.25) is 0 Å². The molecule has 0 radical (unpaired) electrons. The van der Waals surface area contributed by atoms with Crippen molar-refractivity contribution in [3.8, 4) is 0 Å². The molecule has 0 amide bonds. The predicted molar refractivity (Wildman–Crippen MR) is 90.3 cm³/mol. The van der Waals surface area contributed by atoms with Crippen molar-refractivity contribution in [1.29, 1.82) is 0 Å². The molecule has 1 unspecified atom stereocenters. The van der Waals surface area contributed by atoms with Crippen LogP contribution in [-0.2, 0) is 6.42 Å². The summed E-state index contributed by atoms with van der Waals surface area (Å²) in [4.78, 5) is 0. The SMILES string of the molecule is CC(CN)(Cc1ccc(F)cc1)Nc1ccc(Cl)c(Br)c1. The fraction of sp³-hybridized carbons (Fsp3) is 0.250. The Balaban J connectivity index is 2.16. The van der Waals surface area contributed by atoms with Crippen molar-refractivity contribution in [2.45, 2.75) is 18.9 Å². The summed E-state index contributed by atoms with van der Waals surface area (Å²) >= 11 is 9.40. The lowest BCUT2D eigenvalue weighted by Gasteiger charge is -2.31. The maximum atomic E-state index is 13.0. The molecule has 5 heteroatoms. The zero-order chi connectivity index (χ0) is 15.5. The van der Waals surface area contributed by atoms with Crippen molar-refractivity contribution in [2.75, 3.05) is 11.9 Å². The minimum atomic E-state index is -0.328. The zero-order valence-corrected chi connectivity index (χ0v) is 14.0. The van der Waals surface area contributed by atoms with Gasteiger partial charge in [-0.1, -0.05) is 23.7 Å². The average Bonchev–Trinajstić information content (AvgIpc) is 2.45. The Morgan fingerprint density at radius 3 is 2.48 bits per heavy atom. The van der Waals surface area contributed by atoms with Gasteiger partial charge in [0, 0.05) is 16.7 Å². The Hall–Kier alpha value is -1.10. The van der Waals surface area contributed by atoms with Gasteiger partial charge in [0.15, 0.2) is 0 Å². The summed E-state index contributed by atoms with van der Waals surface area (Å²) in [6.45, 7) is 2.49. The molecule has 2 rings (SSSR count). The van der Waals surface area contributed by atoms with E-state index in [4.69, 9.17) is 17.3 Å².